The van der Waals surface area contributed by atoms with Crippen molar-refractivity contribution in [2.24, 2.45) is 5.92 Å². The van der Waals surface area contributed by atoms with Gasteiger partial charge in [0, 0.05) is 22.7 Å². The second-order valence-electron chi connectivity index (χ2n) is 6.30. The number of nitrogen functional groups attached to an aromatic ring is 1. The van der Waals surface area contributed by atoms with Crippen LogP contribution in [0.4, 0.5) is 5.69 Å². The molecule has 1 amide bonds. The maximum absolute atomic E-state index is 12.9. The highest BCUT2D eigenvalue weighted by Crippen LogP contribution is 2.36. The summed E-state index contributed by atoms with van der Waals surface area (Å²) in [7, 11) is 0. The number of benzene rings is 1. The maximum atomic E-state index is 12.9. The van der Waals surface area contributed by atoms with Gasteiger partial charge in [0.05, 0.1) is 5.69 Å². The number of likely N-dealkylation sites (tertiary alicyclic amines) is 1. The summed E-state index contributed by atoms with van der Waals surface area (Å²) < 4.78 is 1.10. The molecular weight excluding hydrogens is 280 g/mol. The summed E-state index contributed by atoms with van der Waals surface area (Å²) in [5, 5.41) is 1.02. The zero-order valence-electron chi connectivity index (χ0n) is 12.8. The highest BCUT2D eigenvalue weighted by atomic mass is 32.1. The van der Waals surface area contributed by atoms with E-state index in [4.69, 9.17) is 5.73 Å². The molecule has 0 radical (unpaired) electrons. The van der Waals surface area contributed by atoms with Crippen molar-refractivity contribution in [3.05, 3.63) is 28.6 Å². The van der Waals surface area contributed by atoms with Gasteiger partial charge in [-0.05, 0) is 37.8 Å². The van der Waals surface area contributed by atoms with Crippen LogP contribution >= 0.6 is 11.3 Å². The van der Waals surface area contributed by atoms with Crippen LogP contribution in [-0.2, 0) is 0 Å². The molecule has 21 heavy (non-hydrogen) atoms. The van der Waals surface area contributed by atoms with Gasteiger partial charge >= 0.3 is 0 Å². The third-order valence-electron chi connectivity index (χ3n) is 4.41. The SMILES string of the molecule is Cc1ccc2sc(C(=O)N3CCCC3C(C)C)c(N)c2c1. The smallest absolute Gasteiger partial charge is 0.266 e. The lowest BCUT2D eigenvalue weighted by atomic mass is 10.0. The molecule has 3 nitrogen and oxygen atoms in total. The van der Waals surface area contributed by atoms with Gasteiger partial charge in [-0.3, -0.25) is 4.79 Å². The van der Waals surface area contributed by atoms with E-state index in [0.29, 0.717) is 22.5 Å². The second-order valence-corrected chi connectivity index (χ2v) is 7.35. The van der Waals surface area contributed by atoms with Crippen LogP contribution in [0.1, 0.15) is 41.9 Å². The fraction of sp³-hybridized carbons (Fsp3) is 0.471. The average Bonchev–Trinajstić information content (AvgIpc) is 3.04. The first-order valence-electron chi connectivity index (χ1n) is 7.58. The Morgan fingerprint density at radius 1 is 1.43 bits per heavy atom. The van der Waals surface area contributed by atoms with E-state index < -0.39 is 0 Å². The molecule has 2 N–H and O–H groups in total. The van der Waals surface area contributed by atoms with E-state index in [-0.39, 0.29) is 5.91 Å². The topological polar surface area (TPSA) is 46.3 Å². The van der Waals surface area contributed by atoms with Gasteiger partial charge in [0.2, 0.25) is 0 Å². The fourth-order valence-electron chi connectivity index (χ4n) is 3.26. The van der Waals surface area contributed by atoms with Crippen LogP contribution in [0.3, 0.4) is 0 Å². The summed E-state index contributed by atoms with van der Waals surface area (Å²) in [5.74, 6) is 0.608. The van der Waals surface area contributed by atoms with Crippen molar-refractivity contribution >= 4 is 33.0 Å². The molecule has 1 unspecified atom stereocenters. The van der Waals surface area contributed by atoms with Crippen LogP contribution in [0.25, 0.3) is 10.1 Å². The molecule has 1 saturated heterocycles. The Kier molecular flexibility index (Phi) is 3.66. The third kappa shape index (κ3) is 2.42. The van der Waals surface area contributed by atoms with Gasteiger partial charge in [-0.15, -0.1) is 11.3 Å². The third-order valence-corrected chi connectivity index (χ3v) is 5.58. The van der Waals surface area contributed by atoms with Crippen LogP contribution in [0.2, 0.25) is 0 Å². The van der Waals surface area contributed by atoms with Gasteiger partial charge in [0.25, 0.3) is 5.91 Å². The summed E-state index contributed by atoms with van der Waals surface area (Å²) in [6, 6.07) is 6.55. The number of aryl methyl sites for hydroxylation is 1. The van der Waals surface area contributed by atoms with Crippen molar-refractivity contribution in [2.75, 3.05) is 12.3 Å². The fourth-order valence-corrected chi connectivity index (χ4v) is 4.32. The normalized spacial score (nSPS) is 18.9. The summed E-state index contributed by atoms with van der Waals surface area (Å²) in [6.45, 7) is 7.28. The van der Waals surface area contributed by atoms with Gasteiger partial charge in [-0.2, -0.15) is 0 Å². The Morgan fingerprint density at radius 3 is 2.90 bits per heavy atom. The van der Waals surface area contributed by atoms with Gasteiger partial charge in [-0.25, -0.2) is 0 Å². The van der Waals surface area contributed by atoms with Crippen molar-refractivity contribution in [3.63, 3.8) is 0 Å². The minimum Gasteiger partial charge on any atom is -0.397 e. The molecule has 3 rings (SSSR count). The van der Waals surface area contributed by atoms with E-state index in [1.165, 1.54) is 16.9 Å². The van der Waals surface area contributed by atoms with Gasteiger partial charge < -0.3 is 10.6 Å². The van der Waals surface area contributed by atoms with Crippen molar-refractivity contribution in [3.8, 4) is 0 Å². The molecule has 1 aliphatic heterocycles. The molecule has 2 aromatic rings. The molecule has 0 spiro atoms. The first-order valence-corrected chi connectivity index (χ1v) is 8.40. The van der Waals surface area contributed by atoms with Crippen LogP contribution in [0, 0.1) is 12.8 Å². The quantitative estimate of drug-likeness (QED) is 0.909. The number of hydrogen-bond donors (Lipinski definition) is 1. The zero-order valence-corrected chi connectivity index (χ0v) is 13.7. The maximum Gasteiger partial charge on any atom is 0.266 e. The summed E-state index contributed by atoms with van der Waals surface area (Å²) >= 11 is 1.53. The van der Waals surface area contributed by atoms with E-state index in [9.17, 15) is 4.79 Å². The van der Waals surface area contributed by atoms with Crippen molar-refractivity contribution in [1.29, 1.82) is 0 Å². The predicted octanol–water partition coefficient (Wildman–Crippen LogP) is 4.05. The lowest BCUT2D eigenvalue weighted by Gasteiger charge is -2.27. The van der Waals surface area contributed by atoms with Crippen LogP contribution in [-0.4, -0.2) is 23.4 Å². The number of nitrogens with zero attached hydrogens (tertiary/aromatic N) is 1. The van der Waals surface area contributed by atoms with Gasteiger partial charge in [0.15, 0.2) is 0 Å². The minimum absolute atomic E-state index is 0.113. The summed E-state index contributed by atoms with van der Waals surface area (Å²) in [4.78, 5) is 15.6. The monoisotopic (exact) mass is 302 g/mol. The Labute approximate surface area is 129 Å². The lowest BCUT2D eigenvalue weighted by Crippen LogP contribution is -2.38. The molecule has 2 heterocycles. The molecule has 1 aliphatic rings. The molecular formula is C17H22N2OS. The first kappa shape index (κ1) is 14.4. The zero-order chi connectivity index (χ0) is 15.1. The molecule has 0 aliphatic carbocycles. The first-order chi connectivity index (χ1) is 9.99. The molecule has 1 fully saturated rings. The number of hydrogen-bond acceptors (Lipinski definition) is 3. The number of fused-ring (bicyclic) bond motifs is 1. The minimum atomic E-state index is 0.113. The second kappa shape index (κ2) is 5.34. The number of carbonyl (C=O) groups is 1. The number of thiophene rings is 1. The van der Waals surface area contributed by atoms with Crippen molar-refractivity contribution in [1.82, 2.24) is 4.90 Å². The standard InChI is InChI=1S/C17H22N2OS/c1-10(2)13-5-4-8-19(13)17(20)16-15(18)12-9-11(3)6-7-14(12)21-16/h6-7,9-10,13H,4-5,8,18H2,1-3H3. The highest BCUT2D eigenvalue weighted by Gasteiger charge is 2.33. The lowest BCUT2D eigenvalue weighted by molar-refractivity contribution is 0.0707. The molecule has 1 atom stereocenters. The molecule has 0 bridgehead atoms. The number of nitrogens with two attached hydrogens (primary N) is 1. The van der Waals surface area contributed by atoms with E-state index in [1.54, 1.807) is 0 Å². The number of amides is 1. The molecule has 0 saturated carbocycles. The van der Waals surface area contributed by atoms with E-state index >= 15 is 0 Å². The Hall–Kier alpha value is -1.55. The van der Waals surface area contributed by atoms with Crippen molar-refractivity contribution in [2.45, 2.75) is 39.7 Å². The largest absolute Gasteiger partial charge is 0.397 e. The number of carbonyl (C=O) groups excluding carboxylic acids is 1. The van der Waals surface area contributed by atoms with E-state index in [0.717, 1.165) is 29.5 Å². The van der Waals surface area contributed by atoms with Crippen LogP contribution in [0.5, 0.6) is 0 Å². The highest BCUT2D eigenvalue weighted by molar-refractivity contribution is 7.21. The Balaban J connectivity index is 2.00. The predicted molar refractivity (Wildman–Crippen MR) is 89.9 cm³/mol. The van der Waals surface area contributed by atoms with E-state index in [2.05, 4.69) is 32.0 Å². The van der Waals surface area contributed by atoms with E-state index in [1.807, 2.05) is 11.8 Å². The average molecular weight is 302 g/mol. The summed E-state index contributed by atoms with van der Waals surface area (Å²) in [6.07, 6.45) is 2.20. The van der Waals surface area contributed by atoms with Crippen molar-refractivity contribution < 1.29 is 4.79 Å². The number of anilines is 1. The number of rotatable bonds is 2. The Morgan fingerprint density at radius 2 is 2.19 bits per heavy atom. The molecule has 1 aromatic carbocycles. The van der Waals surface area contributed by atoms with Gasteiger partial charge in [0.1, 0.15) is 4.88 Å². The summed E-state index contributed by atoms with van der Waals surface area (Å²) in [5.41, 5.74) is 8.09. The van der Waals surface area contributed by atoms with Crippen LogP contribution in [0.15, 0.2) is 18.2 Å². The Bertz CT molecular complexity index is 689. The molecule has 1 aromatic heterocycles. The van der Waals surface area contributed by atoms with Crippen LogP contribution < -0.4 is 5.73 Å². The molecule has 4 heteroatoms. The van der Waals surface area contributed by atoms with Gasteiger partial charge in [-0.1, -0.05) is 25.5 Å². The molecule has 112 valence electrons.